The number of hydrogen-bond acceptors (Lipinski definition) is 2. The third-order valence-corrected chi connectivity index (χ3v) is 3.02. The number of carbonyl (C=O) groups excluding carboxylic acids is 2. The van der Waals surface area contributed by atoms with E-state index < -0.39 is 0 Å². The molecule has 0 unspecified atom stereocenters. The Balaban J connectivity index is 2.53. The normalized spacial score (nSPS) is 9.90. The molecular formula is C15H19ClN2O2. The van der Waals surface area contributed by atoms with Crippen LogP contribution in [0.4, 0.5) is 0 Å². The Hall–Kier alpha value is -1.81. The van der Waals surface area contributed by atoms with Crippen LogP contribution in [0.5, 0.6) is 0 Å². The van der Waals surface area contributed by atoms with Crippen molar-refractivity contribution in [2.45, 2.75) is 13.3 Å². The second kappa shape index (κ2) is 8.38. The van der Waals surface area contributed by atoms with Crippen molar-refractivity contribution in [2.24, 2.45) is 0 Å². The van der Waals surface area contributed by atoms with Gasteiger partial charge >= 0.3 is 0 Å². The molecule has 0 saturated heterocycles. The van der Waals surface area contributed by atoms with E-state index in [0.29, 0.717) is 24.5 Å². The Morgan fingerprint density at radius 3 is 2.80 bits per heavy atom. The molecule has 0 aromatic heterocycles. The summed E-state index contributed by atoms with van der Waals surface area (Å²) in [6, 6.07) is 7.47. The largest absolute Gasteiger partial charge is 0.351 e. The minimum Gasteiger partial charge on any atom is -0.351 e. The Kier molecular flexibility index (Phi) is 6.81. The minimum atomic E-state index is -0.189. The first-order valence-corrected chi connectivity index (χ1v) is 6.78. The first-order chi connectivity index (χ1) is 9.52. The van der Waals surface area contributed by atoms with Crippen molar-refractivity contribution in [3.8, 4) is 0 Å². The number of rotatable bonds is 7. The Morgan fingerprint density at radius 2 is 2.20 bits per heavy atom. The van der Waals surface area contributed by atoms with E-state index in [1.807, 2.05) is 18.2 Å². The monoisotopic (exact) mass is 294 g/mol. The summed E-state index contributed by atoms with van der Waals surface area (Å²) in [5.74, 6) is -0.313. The van der Waals surface area contributed by atoms with Crippen LogP contribution in [0.25, 0.3) is 0 Å². The molecule has 0 heterocycles. The number of amides is 2. The highest BCUT2D eigenvalue weighted by Gasteiger charge is 2.13. The molecule has 0 spiro atoms. The van der Waals surface area contributed by atoms with Crippen molar-refractivity contribution in [1.29, 1.82) is 0 Å². The molecule has 0 bridgehead atoms. The van der Waals surface area contributed by atoms with E-state index >= 15 is 0 Å². The van der Waals surface area contributed by atoms with Crippen molar-refractivity contribution in [3.63, 3.8) is 0 Å². The van der Waals surface area contributed by atoms with Crippen LogP contribution in [0.2, 0.25) is 5.02 Å². The van der Waals surface area contributed by atoms with Gasteiger partial charge in [-0.25, -0.2) is 0 Å². The lowest BCUT2D eigenvalue weighted by atomic mass is 10.1. The number of nitrogens with one attached hydrogen (secondary N) is 1. The molecular weight excluding hydrogens is 276 g/mol. The standard InChI is InChI=1S/C15H19ClN2O2/c1-3-8-17-15(20)11-18(12(2)19)9-7-13-5-4-6-14(16)10-13/h3-6,10H,1,7-9,11H2,2H3,(H,17,20). The molecule has 0 saturated carbocycles. The van der Waals surface area contributed by atoms with Crippen molar-refractivity contribution in [1.82, 2.24) is 10.2 Å². The van der Waals surface area contributed by atoms with Crippen LogP contribution in [0.3, 0.4) is 0 Å². The molecule has 1 N–H and O–H groups in total. The molecule has 1 rings (SSSR count). The van der Waals surface area contributed by atoms with Gasteiger partial charge < -0.3 is 10.2 Å². The van der Waals surface area contributed by atoms with Gasteiger partial charge in [0.25, 0.3) is 0 Å². The van der Waals surface area contributed by atoms with Gasteiger partial charge in [0.2, 0.25) is 11.8 Å². The van der Waals surface area contributed by atoms with Gasteiger partial charge in [-0.15, -0.1) is 6.58 Å². The predicted octanol–water partition coefficient (Wildman–Crippen LogP) is 2.03. The summed E-state index contributed by atoms with van der Waals surface area (Å²) in [6.45, 7) is 5.92. The van der Waals surface area contributed by atoms with Gasteiger partial charge in [0.1, 0.15) is 0 Å². The van der Waals surface area contributed by atoms with Crippen LogP contribution < -0.4 is 5.32 Å². The van der Waals surface area contributed by atoms with Crippen LogP contribution in [0, 0.1) is 0 Å². The van der Waals surface area contributed by atoms with E-state index in [-0.39, 0.29) is 18.4 Å². The van der Waals surface area contributed by atoms with E-state index in [1.165, 1.54) is 11.8 Å². The summed E-state index contributed by atoms with van der Waals surface area (Å²) in [7, 11) is 0. The molecule has 0 aliphatic rings. The SMILES string of the molecule is C=CCNC(=O)CN(CCc1cccc(Cl)c1)C(C)=O. The zero-order chi connectivity index (χ0) is 15.0. The Labute approximate surface area is 124 Å². The lowest BCUT2D eigenvalue weighted by Gasteiger charge is -2.20. The number of nitrogens with zero attached hydrogens (tertiary/aromatic N) is 1. The van der Waals surface area contributed by atoms with Gasteiger partial charge in [-0.3, -0.25) is 9.59 Å². The van der Waals surface area contributed by atoms with Crippen LogP contribution in [-0.4, -0.2) is 36.3 Å². The highest BCUT2D eigenvalue weighted by Crippen LogP contribution is 2.11. The van der Waals surface area contributed by atoms with Crippen LogP contribution in [0.1, 0.15) is 12.5 Å². The molecule has 2 amide bonds. The van der Waals surface area contributed by atoms with E-state index in [1.54, 1.807) is 12.1 Å². The topological polar surface area (TPSA) is 49.4 Å². The zero-order valence-corrected chi connectivity index (χ0v) is 12.3. The summed E-state index contributed by atoms with van der Waals surface area (Å²) in [5, 5.41) is 3.32. The van der Waals surface area contributed by atoms with E-state index in [4.69, 9.17) is 11.6 Å². The van der Waals surface area contributed by atoms with Gasteiger partial charge in [0, 0.05) is 25.0 Å². The fourth-order valence-electron chi connectivity index (χ4n) is 1.72. The zero-order valence-electron chi connectivity index (χ0n) is 11.6. The summed E-state index contributed by atoms with van der Waals surface area (Å²) >= 11 is 5.91. The number of benzene rings is 1. The first-order valence-electron chi connectivity index (χ1n) is 6.40. The van der Waals surface area contributed by atoms with Gasteiger partial charge in [-0.2, -0.15) is 0 Å². The maximum Gasteiger partial charge on any atom is 0.239 e. The lowest BCUT2D eigenvalue weighted by Crippen LogP contribution is -2.40. The molecule has 108 valence electrons. The van der Waals surface area contributed by atoms with Crippen molar-refractivity contribution >= 4 is 23.4 Å². The van der Waals surface area contributed by atoms with Crippen molar-refractivity contribution in [2.75, 3.05) is 19.6 Å². The fourth-order valence-corrected chi connectivity index (χ4v) is 1.93. The molecule has 0 aliphatic heterocycles. The molecule has 4 nitrogen and oxygen atoms in total. The summed E-state index contributed by atoms with van der Waals surface area (Å²) in [5.41, 5.74) is 1.04. The van der Waals surface area contributed by atoms with E-state index in [2.05, 4.69) is 11.9 Å². The molecule has 0 atom stereocenters. The summed E-state index contributed by atoms with van der Waals surface area (Å²) in [4.78, 5) is 24.7. The highest BCUT2D eigenvalue weighted by atomic mass is 35.5. The third-order valence-electron chi connectivity index (χ3n) is 2.78. The molecule has 0 radical (unpaired) electrons. The number of hydrogen-bond donors (Lipinski definition) is 1. The maximum atomic E-state index is 11.6. The molecule has 1 aromatic carbocycles. The molecule has 0 fully saturated rings. The van der Waals surface area contributed by atoms with Crippen molar-refractivity contribution in [3.05, 3.63) is 47.5 Å². The minimum absolute atomic E-state index is 0.0593. The van der Waals surface area contributed by atoms with Gasteiger partial charge in [0.05, 0.1) is 6.54 Å². The van der Waals surface area contributed by atoms with Gasteiger partial charge in [0.15, 0.2) is 0 Å². The quantitative estimate of drug-likeness (QED) is 0.782. The van der Waals surface area contributed by atoms with Crippen LogP contribution >= 0.6 is 11.6 Å². The average molecular weight is 295 g/mol. The molecule has 5 heteroatoms. The fraction of sp³-hybridized carbons (Fsp3) is 0.333. The second-order valence-electron chi connectivity index (χ2n) is 4.41. The molecule has 0 aliphatic carbocycles. The molecule has 20 heavy (non-hydrogen) atoms. The van der Waals surface area contributed by atoms with Crippen molar-refractivity contribution < 1.29 is 9.59 Å². The van der Waals surface area contributed by atoms with E-state index in [0.717, 1.165) is 5.56 Å². The maximum absolute atomic E-state index is 11.6. The van der Waals surface area contributed by atoms with Gasteiger partial charge in [-0.05, 0) is 24.1 Å². The first kappa shape index (κ1) is 16.2. The smallest absolute Gasteiger partial charge is 0.239 e. The average Bonchev–Trinajstić information content (AvgIpc) is 2.41. The predicted molar refractivity (Wildman–Crippen MR) is 80.6 cm³/mol. The lowest BCUT2D eigenvalue weighted by molar-refractivity contribution is -0.134. The molecule has 1 aromatic rings. The van der Waals surface area contributed by atoms with Crippen LogP contribution in [-0.2, 0) is 16.0 Å². The van der Waals surface area contributed by atoms with E-state index in [9.17, 15) is 9.59 Å². The Morgan fingerprint density at radius 1 is 1.45 bits per heavy atom. The van der Waals surface area contributed by atoms with Crippen LogP contribution in [0.15, 0.2) is 36.9 Å². The van der Waals surface area contributed by atoms with Gasteiger partial charge in [-0.1, -0.05) is 29.8 Å². The Bertz CT molecular complexity index is 489. The summed E-state index contributed by atoms with van der Waals surface area (Å²) < 4.78 is 0. The highest BCUT2D eigenvalue weighted by molar-refractivity contribution is 6.30. The summed E-state index contributed by atoms with van der Waals surface area (Å²) in [6.07, 6.45) is 2.26. The second-order valence-corrected chi connectivity index (χ2v) is 4.85. The number of halogens is 1. The number of carbonyl (C=O) groups is 2. The third kappa shape index (κ3) is 5.89.